The zero-order chi connectivity index (χ0) is 23.4. The summed E-state index contributed by atoms with van der Waals surface area (Å²) in [6.07, 6.45) is 5.29. The SMILES string of the molecule is C.C[C@@H]1CCN(Cc2ccccc2)CC1N(C)c1ccnc2c1ccn2COCC[Si](C)(C)C. The second kappa shape index (κ2) is 11.5. The number of piperidine rings is 1. The standard InChI is InChI=1S/C27H40N4OSi.CH4/c1-22-12-15-30(19-23-9-7-6-8-10-23)20-26(22)29(2)25-11-14-28-27-24(25)13-16-31(27)21-32-17-18-33(3,4)5;/h6-11,13-14,16,22,26H,12,15,17-21H2,1-5H3;1H4/t22-,26?;/m1./s1. The molecular weight excluding hydrogens is 436 g/mol. The monoisotopic (exact) mass is 480 g/mol. The molecule has 1 aromatic carbocycles. The van der Waals surface area contributed by atoms with Gasteiger partial charge in [-0.25, -0.2) is 4.98 Å². The van der Waals surface area contributed by atoms with Gasteiger partial charge in [0.1, 0.15) is 12.4 Å². The Morgan fingerprint density at radius 2 is 1.88 bits per heavy atom. The van der Waals surface area contributed by atoms with Crippen LogP contribution in [0.15, 0.2) is 54.9 Å². The number of likely N-dealkylation sites (N-methyl/N-ethyl adjacent to an activating group) is 1. The number of ether oxygens (including phenoxy) is 1. The van der Waals surface area contributed by atoms with Crippen LogP contribution >= 0.6 is 0 Å². The Morgan fingerprint density at radius 1 is 1.12 bits per heavy atom. The second-order valence-corrected chi connectivity index (χ2v) is 16.5. The van der Waals surface area contributed by atoms with E-state index in [1.807, 2.05) is 6.20 Å². The molecule has 34 heavy (non-hydrogen) atoms. The first-order valence-corrected chi connectivity index (χ1v) is 16.0. The third-order valence-electron chi connectivity index (χ3n) is 7.00. The molecule has 0 aliphatic carbocycles. The van der Waals surface area contributed by atoms with Gasteiger partial charge >= 0.3 is 0 Å². The van der Waals surface area contributed by atoms with E-state index in [-0.39, 0.29) is 7.43 Å². The first-order valence-electron chi connectivity index (χ1n) is 12.3. The molecule has 5 nitrogen and oxygen atoms in total. The van der Waals surface area contributed by atoms with Gasteiger partial charge in [0.2, 0.25) is 0 Å². The van der Waals surface area contributed by atoms with E-state index in [1.54, 1.807) is 0 Å². The van der Waals surface area contributed by atoms with E-state index >= 15 is 0 Å². The molecule has 1 saturated heterocycles. The summed E-state index contributed by atoms with van der Waals surface area (Å²) in [4.78, 5) is 9.79. The molecule has 1 aliphatic heterocycles. The van der Waals surface area contributed by atoms with Gasteiger partial charge < -0.3 is 14.2 Å². The molecule has 6 heteroatoms. The van der Waals surface area contributed by atoms with E-state index in [1.165, 1.54) is 29.1 Å². The normalized spacial score (nSPS) is 19.2. The lowest BCUT2D eigenvalue weighted by atomic mass is 9.91. The predicted molar refractivity (Wildman–Crippen MR) is 148 cm³/mol. The highest BCUT2D eigenvalue weighted by molar-refractivity contribution is 6.76. The Kier molecular flexibility index (Phi) is 8.96. The number of pyridine rings is 1. The number of benzene rings is 1. The van der Waals surface area contributed by atoms with Crippen LogP contribution in [0, 0.1) is 5.92 Å². The van der Waals surface area contributed by atoms with Crippen LogP contribution in [0.3, 0.4) is 0 Å². The Labute approximate surface area is 207 Å². The Bertz CT molecular complexity index is 1030. The molecule has 1 aliphatic rings. The van der Waals surface area contributed by atoms with Crippen molar-refractivity contribution in [1.82, 2.24) is 14.5 Å². The number of nitrogens with zero attached hydrogens (tertiary/aromatic N) is 4. The summed E-state index contributed by atoms with van der Waals surface area (Å²) in [7, 11) is 1.18. The first kappa shape index (κ1) is 26.5. The number of hydrogen-bond acceptors (Lipinski definition) is 4. The van der Waals surface area contributed by atoms with Gasteiger partial charge in [0.15, 0.2) is 0 Å². The Morgan fingerprint density at radius 3 is 2.62 bits per heavy atom. The lowest BCUT2D eigenvalue weighted by Crippen LogP contribution is -2.50. The number of likely N-dealkylation sites (tertiary alicyclic amines) is 1. The maximum Gasteiger partial charge on any atom is 0.143 e. The van der Waals surface area contributed by atoms with Crippen molar-refractivity contribution in [2.75, 3.05) is 31.6 Å². The largest absolute Gasteiger partial charge is 0.369 e. The van der Waals surface area contributed by atoms with Crippen LogP contribution in [0.2, 0.25) is 25.7 Å². The van der Waals surface area contributed by atoms with Crippen molar-refractivity contribution in [3.05, 3.63) is 60.4 Å². The highest BCUT2D eigenvalue weighted by Gasteiger charge is 2.30. The summed E-state index contributed by atoms with van der Waals surface area (Å²) in [5.74, 6) is 0.650. The van der Waals surface area contributed by atoms with Crippen LogP contribution in [0.4, 0.5) is 5.69 Å². The van der Waals surface area contributed by atoms with E-state index < -0.39 is 8.07 Å². The van der Waals surface area contributed by atoms with Crippen LogP contribution in [0.1, 0.15) is 26.3 Å². The molecule has 0 saturated carbocycles. The molecule has 0 spiro atoms. The molecule has 0 N–H and O–H groups in total. The zero-order valence-corrected chi connectivity index (χ0v) is 22.0. The quantitative estimate of drug-likeness (QED) is 0.265. The first-order chi connectivity index (χ1) is 15.8. The lowest BCUT2D eigenvalue weighted by molar-refractivity contribution is 0.0899. The van der Waals surface area contributed by atoms with E-state index in [0.29, 0.717) is 18.7 Å². The molecule has 1 fully saturated rings. The lowest BCUT2D eigenvalue weighted by Gasteiger charge is -2.43. The molecule has 3 heterocycles. The van der Waals surface area contributed by atoms with Gasteiger partial charge in [-0.3, -0.25) is 4.90 Å². The van der Waals surface area contributed by atoms with E-state index in [4.69, 9.17) is 9.72 Å². The number of rotatable bonds is 9. The molecule has 2 atom stereocenters. The number of hydrogen-bond donors (Lipinski definition) is 0. The minimum atomic E-state index is -1.07. The van der Waals surface area contributed by atoms with Gasteiger partial charge in [0.25, 0.3) is 0 Å². The summed E-state index contributed by atoms with van der Waals surface area (Å²) in [5, 5.41) is 1.21. The van der Waals surface area contributed by atoms with Crippen molar-refractivity contribution in [2.45, 2.75) is 65.8 Å². The number of anilines is 1. The highest BCUT2D eigenvalue weighted by Crippen LogP contribution is 2.31. The van der Waals surface area contributed by atoms with Crippen LogP contribution in [-0.2, 0) is 18.0 Å². The molecule has 0 radical (unpaired) electrons. The minimum absolute atomic E-state index is 0. The topological polar surface area (TPSA) is 33.5 Å². The molecule has 0 bridgehead atoms. The van der Waals surface area contributed by atoms with Crippen molar-refractivity contribution in [1.29, 1.82) is 0 Å². The Balaban J connectivity index is 0.00000324. The molecule has 3 aromatic rings. The summed E-state index contributed by atoms with van der Waals surface area (Å²) in [6.45, 7) is 14.2. The smallest absolute Gasteiger partial charge is 0.143 e. The van der Waals surface area contributed by atoms with Gasteiger partial charge in [0.05, 0.1) is 0 Å². The maximum absolute atomic E-state index is 6.00. The average Bonchev–Trinajstić information content (AvgIpc) is 3.21. The third-order valence-corrected chi connectivity index (χ3v) is 8.70. The van der Waals surface area contributed by atoms with Crippen molar-refractivity contribution in [3.8, 4) is 0 Å². The summed E-state index contributed by atoms with van der Waals surface area (Å²) < 4.78 is 8.15. The molecule has 0 amide bonds. The van der Waals surface area contributed by atoms with Gasteiger partial charge in [-0.15, -0.1) is 0 Å². The van der Waals surface area contributed by atoms with Gasteiger partial charge in [-0.05, 0) is 42.6 Å². The van der Waals surface area contributed by atoms with E-state index in [2.05, 4.69) is 96.6 Å². The summed E-state index contributed by atoms with van der Waals surface area (Å²) >= 11 is 0. The fraction of sp³-hybridized carbons (Fsp3) is 0.536. The molecule has 4 rings (SSSR count). The summed E-state index contributed by atoms with van der Waals surface area (Å²) in [5.41, 5.74) is 3.67. The predicted octanol–water partition coefficient (Wildman–Crippen LogP) is 6.33. The van der Waals surface area contributed by atoms with Crippen LogP contribution in [0.5, 0.6) is 0 Å². The number of fused-ring (bicyclic) bond motifs is 1. The second-order valence-electron chi connectivity index (χ2n) is 10.9. The summed E-state index contributed by atoms with van der Waals surface area (Å²) in [6, 6.07) is 16.9. The molecule has 1 unspecified atom stereocenters. The van der Waals surface area contributed by atoms with Gasteiger partial charge in [-0.1, -0.05) is 64.3 Å². The average molecular weight is 481 g/mol. The van der Waals surface area contributed by atoms with Crippen LogP contribution in [0.25, 0.3) is 11.0 Å². The highest BCUT2D eigenvalue weighted by atomic mass is 28.3. The molecule has 186 valence electrons. The molecule has 2 aromatic heterocycles. The van der Waals surface area contributed by atoms with Crippen molar-refractivity contribution < 1.29 is 4.74 Å². The van der Waals surface area contributed by atoms with Crippen molar-refractivity contribution >= 4 is 24.8 Å². The van der Waals surface area contributed by atoms with Gasteiger partial charge in [0, 0.05) is 64.3 Å². The third kappa shape index (κ3) is 6.49. The van der Waals surface area contributed by atoms with Crippen molar-refractivity contribution in [2.24, 2.45) is 5.92 Å². The maximum atomic E-state index is 6.00. The minimum Gasteiger partial charge on any atom is -0.369 e. The van der Waals surface area contributed by atoms with E-state index in [0.717, 1.165) is 31.9 Å². The van der Waals surface area contributed by atoms with Gasteiger partial charge in [-0.2, -0.15) is 0 Å². The van der Waals surface area contributed by atoms with E-state index in [9.17, 15) is 0 Å². The van der Waals surface area contributed by atoms with Crippen LogP contribution < -0.4 is 4.90 Å². The zero-order valence-electron chi connectivity index (χ0n) is 21.0. The van der Waals surface area contributed by atoms with Crippen molar-refractivity contribution in [3.63, 3.8) is 0 Å². The molecular formula is C28H44N4OSi. The van der Waals surface area contributed by atoms with Crippen LogP contribution in [-0.4, -0.2) is 55.3 Å². The Hall–Kier alpha value is -2.15. The fourth-order valence-electron chi connectivity index (χ4n) is 4.81. The number of aromatic nitrogens is 2. The fourth-order valence-corrected chi connectivity index (χ4v) is 5.57.